The standard InChI is InChI=1S/C19H14F3NO5S/c1-2-27-16(24)10-23-17(25)15(29-18(23)26)9-13-6-7-14(28-13)11-4-3-5-12(8-11)19(20,21)22/h3-9H,2,10H2,1H3/b15-9+. The molecule has 0 N–H and O–H groups in total. The Morgan fingerprint density at radius 2 is 2.00 bits per heavy atom. The molecule has 1 aromatic carbocycles. The number of hydrogen-bond acceptors (Lipinski definition) is 6. The number of halogens is 3. The number of thioether (sulfide) groups is 1. The van der Waals surface area contributed by atoms with Crippen molar-refractivity contribution >= 4 is 35.0 Å². The van der Waals surface area contributed by atoms with Crippen molar-refractivity contribution < 1.29 is 36.7 Å². The molecule has 0 aliphatic carbocycles. The van der Waals surface area contributed by atoms with Gasteiger partial charge in [-0.05, 0) is 43.0 Å². The van der Waals surface area contributed by atoms with Gasteiger partial charge in [-0.1, -0.05) is 12.1 Å². The molecular formula is C19H14F3NO5S. The summed E-state index contributed by atoms with van der Waals surface area (Å²) in [7, 11) is 0. The average molecular weight is 425 g/mol. The molecule has 6 nitrogen and oxygen atoms in total. The molecule has 1 aliphatic rings. The lowest BCUT2D eigenvalue weighted by Gasteiger charge is -2.10. The summed E-state index contributed by atoms with van der Waals surface area (Å²) < 4.78 is 48.8. The normalized spacial score (nSPS) is 16.0. The fourth-order valence-corrected chi connectivity index (χ4v) is 3.35. The molecule has 1 aliphatic heterocycles. The smallest absolute Gasteiger partial charge is 0.416 e. The number of alkyl halides is 3. The maximum atomic E-state index is 12.9. The molecule has 2 aromatic rings. The number of carbonyl (C=O) groups is 3. The third-order valence-electron chi connectivity index (χ3n) is 3.84. The van der Waals surface area contributed by atoms with Crippen LogP contribution in [0.25, 0.3) is 17.4 Å². The summed E-state index contributed by atoms with van der Waals surface area (Å²) in [6, 6.07) is 7.56. The second kappa shape index (κ2) is 8.16. The number of imide groups is 1. The summed E-state index contributed by atoms with van der Waals surface area (Å²) in [6.45, 7) is 1.23. The van der Waals surface area contributed by atoms with Gasteiger partial charge in [0.15, 0.2) is 0 Å². The Bertz CT molecular complexity index is 996. The third-order valence-corrected chi connectivity index (χ3v) is 4.75. The van der Waals surface area contributed by atoms with Crippen LogP contribution in [0.2, 0.25) is 0 Å². The highest BCUT2D eigenvalue weighted by Gasteiger charge is 2.37. The van der Waals surface area contributed by atoms with Gasteiger partial charge in [0, 0.05) is 11.6 Å². The first-order valence-corrected chi connectivity index (χ1v) is 9.19. The van der Waals surface area contributed by atoms with E-state index in [0.717, 1.165) is 17.0 Å². The Kier molecular flexibility index (Phi) is 5.83. The Morgan fingerprint density at radius 3 is 2.69 bits per heavy atom. The number of hydrogen-bond donors (Lipinski definition) is 0. The summed E-state index contributed by atoms with van der Waals surface area (Å²) in [6.07, 6.45) is -3.18. The highest BCUT2D eigenvalue weighted by Crippen LogP contribution is 2.35. The quantitative estimate of drug-likeness (QED) is 0.516. The lowest BCUT2D eigenvalue weighted by Crippen LogP contribution is -2.34. The van der Waals surface area contributed by atoms with Crippen molar-refractivity contribution in [2.24, 2.45) is 0 Å². The molecule has 1 saturated heterocycles. The number of furan rings is 1. The SMILES string of the molecule is CCOC(=O)CN1C(=O)S/C(=C/c2ccc(-c3cccc(C(F)(F)F)c3)o2)C1=O. The van der Waals surface area contributed by atoms with E-state index in [1.54, 1.807) is 6.92 Å². The molecule has 0 atom stereocenters. The van der Waals surface area contributed by atoms with Gasteiger partial charge in [0.1, 0.15) is 18.1 Å². The van der Waals surface area contributed by atoms with Gasteiger partial charge in [0.2, 0.25) is 0 Å². The molecule has 3 rings (SSSR count). The van der Waals surface area contributed by atoms with Gasteiger partial charge < -0.3 is 9.15 Å². The summed E-state index contributed by atoms with van der Waals surface area (Å²) >= 11 is 0.630. The first kappa shape index (κ1) is 20.7. The summed E-state index contributed by atoms with van der Waals surface area (Å²) in [5.74, 6) is -1.03. The molecule has 10 heteroatoms. The van der Waals surface area contributed by atoms with Crippen LogP contribution in [0.5, 0.6) is 0 Å². The monoisotopic (exact) mass is 425 g/mol. The summed E-state index contributed by atoms with van der Waals surface area (Å²) in [5.41, 5.74) is -0.595. The third kappa shape index (κ3) is 4.70. The van der Waals surface area contributed by atoms with Crippen LogP contribution in [0.3, 0.4) is 0 Å². The predicted octanol–water partition coefficient (Wildman–Crippen LogP) is 4.56. The fourth-order valence-electron chi connectivity index (χ4n) is 2.54. The number of esters is 1. The number of rotatable bonds is 5. The number of benzene rings is 1. The molecule has 1 fully saturated rings. The van der Waals surface area contributed by atoms with Crippen molar-refractivity contribution in [1.29, 1.82) is 0 Å². The van der Waals surface area contributed by atoms with Crippen LogP contribution in [-0.4, -0.2) is 35.2 Å². The highest BCUT2D eigenvalue weighted by molar-refractivity contribution is 8.18. The van der Waals surface area contributed by atoms with Crippen LogP contribution in [0, 0.1) is 0 Å². The van der Waals surface area contributed by atoms with Gasteiger partial charge in [-0.3, -0.25) is 19.3 Å². The van der Waals surface area contributed by atoms with Crippen molar-refractivity contribution in [3.05, 3.63) is 52.6 Å². The molecule has 2 amide bonds. The van der Waals surface area contributed by atoms with E-state index in [4.69, 9.17) is 9.15 Å². The molecule has 0 radical (unpaired) electrons. The van der Waals surface area contributed by atoms with Crippen LogP contribution < -0.4 is 0 Å². The summed E-state index contributed by atoms with van der Waals surface area (Å²) in [4.78, 5) is 36.6. The molecule has 1 aromatic heterocycles. The minimum absolute atomic E-state index is 0.0317. The van der Waals surface area contributed by atoms with Gasteiger partial charge in [0.05, 0.1) is 17.1 Å². The van der Waals surface area contributed by atoms with E-state index in [1.807, 2.05) is 0 Å². The average Bonchev–Trinajstić information content (AvgIpc) is 3.22. The largest absolute Gasteiger partial charge is 0.465 e. The van der Waals surface area contributed by atoms with Crippen LogP contribution in [0.1, 0.15) is 18.2 Å². The van der Waals surface area contributed by atoms with E-state index in [1.165, 1.54) is 30.3 Å². The van der Waals surface area contributed by atoms with Gasteiger partial charge in [-0.2, -0.15) is 13.2 Å². The zero-order valence-corrected chi connectivity index (χ0v) is 15.8. The van der Waals surface area contributed by atoms with Crippen molar-refractivity contribution in [2.45, 2.75) is 13.1 Å². The zero-order chi connectivity index (χ0) is 21.2. The number of amides is 2. The molecular weight excluding hydrogens is 411 g/mol. The lowest BCUT2D eigenvalue weighted by atomic mass is 10.1. The van der Waals surface area contributed by atoms with Gasteiger partial charge in [-0.25, -0.2) is 0 Å². The second-order valence-corrected chi connectivity index (χ2v) is 6.85. The fraction of sp³-hybridized carbons (Fsp3) is 0.211. The zero-order valence-electron chi connectivity index (χ0n) is 15.0. The van der Waals surface area contributed by atoms with Crippen LogP contribution in [-0.2, 0) is 20.5 Å². The minimum atomic E-state index is -4.48. The topological polar surface area (TPSA) is 76.8 Å². The van der Waals surface area contributed by atoms with Crippen molar-refractivity contribution in [3.63, 3.8) is 0 Å². The molecule has 0 bridgehead atoms. The molecule has 2 heterocycles. The first-order chi connectivity index (χ1) is 13.7. The maximum absolute atomic E-state index is 12.9. The number of nitrogens with zero attached hydrogens (tertiary/aromatic N) is 1. The first-order valence-electron chi connectivity index (χ1n) is 8.37. The van der Waals surface area contributed by atoms with E-state index in [2.05, 4.69) is 0 Å². The number of carbonyl (C=O) groups excluding carboxylic acids is 3. The molecule has 0 unspecified atom stereocenters. The van der Waals surface area contributed by atoms with Crippen LogP contribution in [0.4, 0.5) is 18.0 Å². The lowest BCUT2D eigenvalue weighted by molar-refractivity contribution is -0.146. The Labute approximate surface area is 167 Å². The van der Waals surface area contributed by atoms with Crippen molar-refractivity contribution in [2.75, 3.05) is 13.2 Å². The Hall–Kier alpha value is -3.01. The second-order valence-electron chi connectivity index (χ2n) is 5.85. The molecule has 152 valence electrons. The van der Waals surface area contributed by atoms with Crippen LogP contribution >= 0.6 is 11.8 Å². The number of ether oxygens (including phenoxy) is 1. The molecule has 0 saturated carbocycles. The van der Waals surface area contributed by atoms with Crippen molar-refractivity contribution in [1.82, 2.24) is 4.90 Å². The van der Waals surface area contributed by atoms with Crippen LogP contribution in [0.15, 0.2) is 45.7 Å². The van der Waals surface area contributed by atoms with E-state index < -0.39 is 35.4 Å². The van der Waals surface area contributed by atoms with Crippen molar-refractivity contribution in [3.8, 4) is 11.3 Å². The van der Waals surface area contributed by atoms with Gasteiger partial charge in [0.25, 0.3) is 11.1 Å². The predicted molar refractivity (Wildman–Crippen MR) is 98.5 cm³/mol. The van der Waals surface area contributed by atoms with E-state index in [0.29, 0.717) is 11.8 Å². The minimum Gasteiger partial charge on any atom is -0.465 e. The molecule has 0 spiro atoms. The van der Waals surface area contributed by atoms with E-state index >= 15 is 0 Å². The highest BCUT2D eigenvalue weighted by atomic mass is 32.2. The van der Waals surface area contributed by atoms with E-state index in [-0.39, 0.29) is 28.6 Å². The summed E-state index contributed by atoms with van der Waals surface area (Å²) in [5, 5.41) is -0.626. The Morgan fingerprint density at radius 1 is 1.24 bits per heavy atom. The molecule has 29 heavy (non-hydrogen) atoms. The van der Waals surface area contributed by atoms with Gasteiger partial charge >= 0.3 is 12.1 Å². The van der Waals surface area contributed by atoms with E-state index in [9.17, 15) is 27.6 Å². The van der Waals surface area contributed by atoms with Gasteiger partial charge in [-0.15, -0.1) is 0 Å². The maximum Gasteiger partial charge on any atom is 0.416 e. The Balaban J connectivity index is 1.79.